The number of hydrogen-bond donors (Lipinski definition) is 2. The van der Waals surface area contributed by atoms with E-state index in [2.05, 4.69) is 10.6 Å². The molecule has 0 saturated heterocycles. The summed E-state index contributed by atoms with van der Waals surface area (Å²) in [4.78, 5) is 50.7. The zero-order valence-electron chi connectivity index (χ0n) is 21.8. The number of amides is 2. The van der Waals surface area contributed by atoms with Crippen LogP contribution in [-0.4, -0.2) is 31.2 Å². The molecule has 5 aromatic rings. The first-order valence-corrected chi connectivity index (χ1v) is 12.3. The molecular formula is C29H22N6O6. The maximum atomic E-state index is 12.6. The monoisotopic (exact) mass is 550 g/mol. The van der Waals surface area contributed by atoms with Crippen molar-refractivity contribution < 1.29 is 19.4 Å². The number of rotatable bonds is 7. The van der Waals surface area contributed by atoms with Crippen LogP contribution in [0.1, 0.15) is 26.3 Å². The summed E-state index contributed by atoms with van der Waals surface area (Å²) in [5.41, 5.74) is 4.66. The number of benzene rings is 4. The number of nitro groups is 2. The van der Waals surface area contributed by atoms with Gasteiger partial charge in [-0.05, 0) is 73.2 Å². The summed E-state index contributed by atoms with van der Waals surface area (Å²) in [7, 11) is 1.88. The van der Waals surface area contributed by atoms with E-state index in [0.29, 0.717) is 28.3 Å². The van der Waals surface area contributed by atoms with Gasteiger partial charge in [0.1, 0.15) is 5.82 Å². The van der Waals surface area contributed by atoms with Crippen molar-refractivity contribution in [1.29, 1.82) is 0 Å². The van der Waals surface area contributed by atoms with Gasteiger partial charge in [0, 0.05) is 59.4 Å². The van der Waals surface area contributed by atoms with Gasteiger partial charge in [0.2, 0.25) is 0 Å². The predicted octanol–water partition coefficient (Wildman–Crippen LogP) is 5.87. The first kappa shape index (κ1) is 26.7. The Kier molecular flexibility index (Phi) is 6.96. The zero-order valence-corrected chi connectivity index (χ0v) is 21.8. The predicted molar refractivity (Wildman–Crippen MR) is 153 cm³/mol. The Hall–Kier alpha value is -5.91. The van der Waals surface area contributed by atoms with Crippen LogP contribution in [0, 0.1) is 27.2 Å². The Bertz CT molecular complexity index is 1850. The van der Waals surface area contributed by atoms with Gasteiger partial charge in [0.15, 0.2) is 0 Å². The van der Waals surface area contributed by atoms with E-state index in [1.54, 1.807) is 18.2 Å². The number of nitrogens with zero attached hydrogens (tertiary/aromatic N) is 4. The SMILES string of the molecule is Cc1cc(NC(=O)c2ccc([N+](=O)[O-])cc2)ccc1-c1nc2cc(NC(=O)c3ccc([N+](=O)[O-])cc3)ccc2n1C. The van der Waals surface area contributed by atoms with Crippen molar-refractivity contribution >= 4 is 45.6 Å². The second-order valence-corrected chi connectivity index (χ2v) is 9.24. The van der Waals surface area contributed by atoms with E-state index in [1.165, 1.54) is 48.5 Å². The highest BCUT2D eigenvalue weighted by atomic mass is 16.6. The molecule has 2 amide bonds. The Morgan fingerprint density at radius 1 is 0.732 bits per heavy atom. The van der Waals surface area contributed by atoms with E-state index in [4.69, 9.17) is 4.98 Å². The third kappa shape index (κ3) is 5.47. The lowest BCUT2D eigenvalue weighted by Crippen LogP contribution is -2.12. The van der Waals surface area contributed by atoms with E-state index in [-0.39, 0.29) is 16.9 Å². The second-order valence-electron chi connectivity index (χ2n) is 9.24. The average Bonchev–Trinajstić information content (AvgIpc) is 3.28. The van der Waals surface area contributed by atoms with Gasteiger partial charge in [0.05, 0.1) is 20.9 Å². The number of aromatic nitrogens is 2. The molecule has 0 radical (unpaired) electrons. The van der Waals surface area contributed by atoms with Crippen LogP contribution in [0.25, 0.3) is 22.4 Å². The molecule has 1 heterocycles. The molecule has 12 heteroatoms. The number of hydrogen-bond acceptors (Lipinski definition) is 7. The molecule has 0 aliphatic heterocycles. The number of fused-ring (bicyclic) bond motifs is 1. The quantitative estimate of drug-likeness (QED) is 0.189. The molecule has 0 saturated carbocycles. The first-order valence-electron chi connectivity index (χ1n) is 12.3. The number of imidazole rings is 1. The maximum Gasteiger partial charge on any atom is 0.269 e. The third-order valence-electron chi connectivity index (χ3n) is 6.54. The van der Waals surface area contributed by atoms with Gasteiger partial charge in [0.25, 0.3) is 23.2 Å². The van der Waals surface area contributed by atoms with E-state index >= 15 is 0 Å². The van der Waals surface area contributed by atoms with Gasteiger partial charge >= 0.3 is 0 Å². The largest absolute Gasteiger partial charge is 0.327 e. The van der Waals surface area contributed by atoms with Crippen LogP contribution in [0.4, 0.5) is 22.7 Å². The molecule has 204 valence electrons. The number of anilines is 2. The summed E-state index contributed by atoms with van der Waals surface area (Å²) in [5, 5.41) is 27.3. The summed E-state index contributed by atoms with van der Waals surface area (Å²) in [6.07, 6.45) is 0. The van der Waals surface area contributed by atoms with Crippen LogP contribution in [0.5, 0.6) is 0 Å². The van der Waals surface area contributed by atoms with E-state index in [0.717, 1.165) is 16.6 Å². The Balaban J connectivity index is 1.34. The Labute approximate surface area is 232 Å². The van der Waals surface area contributed by atoms with Gasteiger partial charge < -0.3 is 15.2 Å². The summed E-state index contributed by atoms with van der Waals surface area (Å²) in [5.74, 6) is -0.111. The Morgan fingerprint density at radius 2 is 1.22 bits per heavy atom. The molecule has 0 atom stereocenters. The number of carbonyl (C=O) groups is 2. The van der Waals surface area contributed by atoms with Crippen molar-refractivity contribution in [2.75, 3.05) is 10.6 Å². The van der Waals surface area contributed by atoms with Crippen LogP contribution in [0.3, 0.4) is 0 Å². The van der Waals surface area contributed by atoms with Crippen molar-refractivity contribution in [2.45, 2.75) is 6.92 Å². The van der Waals surface area contributed by atoms with Gasteiger partial charge in [-0.25, -0.2) is 4.98 Å². The van der Waals surface area contributed by atoms with Crippen molar-refractivity contribution in [2.24, 2.45) is 7.05 Å². The fraction of sp³-hybridized carbons (Fsp3) is 0.0690. The fourth-order valence-electron chi connectivity index (χ4n) is 4.39. The molecule has 12 nitrogen and oxygen atoms in total. The molecule has 0 aliphatic carbocycles. The molecular weight excluding hydrogens is 528 g/mol. The first-order chi connectivity index (χ1) is 19.6. The second kappa shape index (κ2) is 10.7. The van der Waals surface area contributed by atoms with Gasteiger partial charge in [-0.1, -0.05) is 0 Å². The summed E-state index contributed by atoms with van der Waals surface area (Å²) >= 11 is 0. The Morgan fingerprint density at radius 3 is 1.71 bits per heavy atom. The highest BCUT2D eigenvalue weighted by Crippen LogP contribution is 2.30. The standard InChI is InChI=1S/C29H22N6O6/c1-17-15-20(30-28(36)18-3-9-22(10-4-18)34(38)39)7-13-24(17)27-32-25-16-21(8-14-26(25)33(27)2)31-29(37)19-5-11-23(12-6-19)35(40)41/h3-16H,1-2H3,(H,30,36)(H,31,37). The molecule has 0 bridgehead atoms. The van der Waals surface area contributed by atoms with Crippen molar-refractivity contribution in [3.05, 3.63) is 122 Å². The van der Waals surface area contributed by atoms with Crippen LogP contribution in [0.15, 0.2) is 84.9 Å². The minimum atomic E-state index is -0.526. The summed E-state index contributed by atoms with van der Waals surface area (Å²) in [6, 6.07) is 21.4. The number of non-ortho nitro benzene ring substituents is 2. The molecule has 0 aliphatic rings. The molecule has 5 rings (SSSR count). The molecule has 4 aromatic carbocycles. The van der Waals surface area contributed by atoms with Gasteiger partial charge in [-0.15, -0.1) is 0 Å². The molecule has 0 fully saturated rings. The van der Waals surface area contributed by atoms with Crippen molar-refractivity contribution in [3.63, 3.8) is 0 Å². The van der Waals surface area contributed by atoms with Crippen molar-refractivity contribution in [3.8, 4) is 11.4 Å². The van der Waals surface area contributed by atoms with E-state index < -0.39 is 21.7 Å². The topological polar surface area (TPSA) is 162 Å². The number of nitro benzene ring substituents is 2. The average molecular weight is 551 g/mol. The number of nitrogens with one attached hydrogen (secondary N) is 2. The summed E-state index contributed by atoms with van der Waals surface area (Å²) < 4.78 is 1.93. The fourth-order valence-corrected chi connectivity index (χ4v) is 4.39. The number of aryl methyl sites for hydroxylation is 2. The molecule has 1 aromatic heterocycles. The van der Waals surface area contributed by atoms with Crippen molar-refractivity contribution in [1.82, 2.24) is 9.55 Å². The molecule has 0 spiro atoms. The zero-order chi connectivity index (χ0) is 29.3. The van der Waals surface area contributed by atoms with E-state index in [1.807, 2.05) is 36.7 Å². The minimum Gasteiger partial charge on any atom is -0.327 e. The van der Waals surface area contributed by atoms with Gasteiger partial charge in [-0.2, -0.15) is 0 Å². The maximum absolute atomic E-state index is 12.6. The van der Waals surface area contributed by atoms with Crippen LogP contribution >= 0.6 is 0 Å². The van der Waals surface area contributed by atoms with Crippen LogP contribution < -0.4 is 10.6 Å². The van der Waals surface area contributed by atoms with Crippen LogP contribution in [0.2, 0.25) is 0 Å². The molecule has 2 N–H and O–H groups in total. The lowest BCUT2D eigenvalue weighted by Gasteiger charge is -2.10. The lowest BCUT2D eigenvalue weighted by atomic mass is 10.1. The highest BCUT2D eigenvalue weighted by molar-refractivity contribution is 6.05. The third-order valence-corrected chi connectivity index (χ3v) is 6.54. The highest BCUT2D eigenvalue weighted by Gasteiger charge is 2.16. The summed E-state index contributed by atoms with van der Waals surface area (Å²) in [6.45, 7) is 1.89. The number of carbonyl (C=O) groups excluding carboxylic acids is 2. The van der Waals surface area contributed by atoms with Gasteiger partial charge in [-0.3, -0.25) is 29.8 Å². The lowest BCUT2D eigenvalue weighted by molar-refractivity contribution is -0.385. The molecule has 0 unspecified atom stereocenters. The minimum absolute atomic E-state index is 0.0943. The van der Waals surface area contributed by atoms with Crippen LogP contribution in [-0.2, 0) is 7.05 Å². The smallest absolute Gasteiger partial charge is 0.269 e. The van der Waals surface area contributed by atoms with E-state index in [9.17, 15) is 29.8 Å². The molecule has 41 heavy (non-hydrogen) atoms. The normalized spacial score (nSPS) is 10.8.